The van der Waals surface area contributed by atoms with Crippen molar-refractivity contribution < 1.29 is 13.2 Å². The molecule has 18 heavy (non-hydrogen) atoms. The lowest BCUT2D eigenvalue weighted by atomic mass is 10.1. The number of fused-ring (bicyclic) bond motifs is 1. The first kappa shape index (κ1) is 12.6. The molecule has 96 valence electrons. The van der Waals surface area contributed by atoms with Crippen LogP contribution in [0.5, 0.6) is 0 Å². The van der Waals surface area contributed by atoms with Gasteiger partial charge in [0.15, 0.2) is 17.5 Å². The van der Waals surface area contributed by atoms with Crippen LogP contribution in [-0.4, -0.2) is 18.1 Å². The standard InChI is InChI=1S/C12H12F3N3/c13-8-6-7-2-5-18-12(17-4-1-3-16)9(7)11(15)10(8)14/h2,5-6H,1,3-4,16H2,(H,17,18). The van der Waals surface area contributed by atoms with Crippen molar-refractivity contribution in [3.05, 3.63) is 35.8 Å². The molecular formula is C12H12F3N3. The number of nitrogens with one attached hydrogen (secondary N) is 1. The van der Waals surface area contributed by atoms with Gasteiger partial charge < -0.3 is 11.1 Å². The first-order valence-corrected chi connectivity index (χ1v) is 5.51. The van der Waals surface area contributed by atoms with Gasteiger partial charge >= 0.3 is 0 Å². The Morgan fingerprint density at radius 1 is 1.22 bits per heavy atom. The number of hydrogen-bond donors (Lipinski definition) is 2. The van der Waals surface area contributed by atoms with Gasteiger partial charge in [-0.3, -0.25) is 0 Å². The molecule has 0 spiro atoms. The number of benzene rings is 1. The Hall–Kier alpha value is -1.82. The monoisotopic (exact) mass is 255 g/mol. The van der Waals surface area contributed by atoms with E-state index < -0.39 is 17.5 Å². The van der Waals surface area contributed by atoms with Crippen LogP contribution in [0, 0.1) is 17.5 Å². The van der Waals surface area contributed by atoms with Gasteiger partial charge in [-0.05, 0) is 30.5 Å². The highest BCUT2D eigenvalue weighted by Crippen LogP contribution is 2.27. The van der Waals surface area contributed by atoms with Crippen molar-refractivity contribution in [2.75, 3.05) is 18.4 Å². The van der Waals surface area contributed by atoms with E-state index in [1.807, 2.05) is 0 Å². The molecule has 3 N–H and O–H groups in total. The second-order valence-corrected chi connectivity index (χ2v) is 3.81. The first-order valence-electron chi connectivity index (χ1n) is 5.51. The lowest BCUT2D eigenvalue weighted by molar-refractivity contribution is 0.453. The summed E-state index contributed by atoms with van der Waals surface area (Å²) in [4.78, 5) is 3.93. The van der Waals surface area contributed by atoms with Gasteiger partial charge in [-0.1, -0.05) is 0 Å². The van der Waals surface area contributed by atoms with Crippen molar-refractivity contribution >= 4 is 16.6 Å². The van der Waals surface area contributed by atoms with E-state index in [0.717, 1.165) is 6.07 Å². The van der Waals surface area contributed by atoms with E-state index in [9.17, 15) is 13.2 Å². The zero-order valence-corrected chi connectivity index (χ0v) is 9.51. The van der Waals surface area contributed by atoms with Gasteiger partial charge in [0.05, 0.1) is 5.39 Å². The van der Waals surface area contributed by atoms with Crippen LogP contribution in [0.25, 0.3) is 10.8 Å². The molecule has 0 unspecified atom stereocenters. The van der Waals surface area contributed by atoms with Crippen LogP contribution in [-0.2, 0) is 0 Å². The smallest absolute Gasteiger partial charge is 0.195 e. The Kier molecular flexibility index (Phi) is 3.66. The molecule has 1 aromatic carbocycles. The summed E-state index contributed by atoms with van der Waals surface area (Å²) in [6.45, 7) is 0.963. The summed E-state index contributed by atoms with van der Waals surface area (Å²) >= 11 is 0. The third-order valence-electron chi connectivity index (χ3n) is 2.56. The molecule has 6 heteroatoms. The van der Waals surface area contributed by atoms with E-state index >= 15 is 0 Å². The molecule has 0 saturated carbocycles. The van der Waals surface area contributed by atoms with Crippen LogP contribution in [0.2, 0.25) is 0 Å². The molecule has 0 aliphatic carbocycles. The number of nitrogens with two attached hydrogens (primary N) is 1. The molecule has 0 fully saturated rings. The van der Waals surface area contributed by atoms with Crippen LogP contribution in [0.3, 0.4) is 0 Å². The maximum Gasteiger partial charge on any atom is 0.195 e. The first-order chi connectivity index (χ1) is 8.65. The highest BCUT2D eigenvalue weighted by atomic mass is 19.2. The lowest BCUT2D eigenvalue weighted by Crippen LogP contribution is -2.10. The summed E-state index contributed by atoms with van der Waals surface area (Å²) in [5, 5.41) is 3.07. The molecule has 0 saturated heterocycles. The number of pyridine rings is 1. The van der Waals surface area contributed by atoms with Gasteiger partial charge in [0, 0.05) is 12.7 Å². The Morgan fingerprint density at radius 2 is 2.00 bits per heavy atom. The van der Waals surface area contributed by atoms with Gasteiger partial charge in [0.2, 0.25) is 0 Å². The van der Waals surface area contributed by atoms with E-state index in [1.54, 1.807) is 0 Å². The number of nitrogens with zero attached hydrogens (tertiary/aromatic N) is 1. The van der Waals surface area contributed by atoms with Crippen LogP contribution < -0.4 is 11.1 Å². The minimum atomic E-state index is -1.49. The molecule has 0 aliphatic heterocycles. The maximum absolute atomic E-state index is 13.7. The van der Waals surface area contributed by atoms with Crippen molar-refractivity contribution in [2.24, 2.45) is 5.73 Å². The number of halogens is 3. The SMILES string of the molecule is NCCCNc1nccc2cc(F)c(F)c(F)c12. The minimum absolute atomic E-state index is 0.0478. The highest BCUT2D eigenvalue weighted by Gasteiger charge is 2.16. The van der Waals surface area contributed by atoms with E-state index in [0.29, 0.717) is 19.5 Å². The molecule has 1 heterocycles. The second kappa shape index (κ2) is 5.22. The summed E-state index contributed by atoms with van der Waals surface area (Å²) in [7, 11) is 0. The fraction of sp³-hybridized carbons (Fsp3) is 0.250. The van der Waals surface area contributed by atoms with E-state index in [2.05, 4.69) is 10.3 Å². The molecular weight excluding hydrogens is 243 g/mol. The summed E-state index contributed by atoms with van der Waals surface area (Å²) in [6, 6.07) is 2.37. The van der Waals surface area contributed by atoms with Gasteiger partial charge in [0.1, 0.15) is 5.82 Å². The topological polar surface area (TPSA) is 50.9 Å². The largest absolute Gasteiger partial charge is 0.369 e. The number of anilines is 1. The summed E-state index contributed by atoms with van der Waals surface area (Å²) in [5.41, 5.74) is 5.34. The fourth-order valence-electron chi connectivity index (χ4n) is 1.69. The molecule has 0 atom stereocenters. The van der Waals surface area contributed by atoms with Gasteiger partial charge in [-0.15, -0.1) is 0 Å². The van der Waals surface area contributed by atoms with E-state index in [4.69, 9.17) is 5.73 Å². The van der Waals surface area contributed by atoms with Gasteiger partial charge in [-0.2, -0.15) is 0 Å². The molecule has 2 rings (SSSR count). The second-order valence-electron chi connectivity index (χ2n) is 3.81. The third kappa shape index (κ3) is 2.24. The zero-order chi connectivity index (χ0) is 13.1. The molecule has 0 aliphatic rings. The predicted molar refractivity (Wildman–Crippen MR) is 63.8 cm³/mol. The van der Waals surface area contributed by atoms with E-state index in [-0.39, 0.29) is 16.6 Å². The molecule has 0 amide bonds. The normalized spacial score (nSPS) is 10.9. The Bertz CT molecular complexity index is 572. The van der Waals surface area contributed by atoms with Crippen molar-refractivity contribution in [1.82, 2.24) is 4.98 Å². The average molecular weight is 255 g/mol. The van der Waals surface area contributed by atoms with Crippen LogP contribution in [0.4, 0.5) is 19.0 Å². The number of rotatable bonds is 4. The molecule has 1 aromatic heterocycles. The summed E-state index contributed by atoms with van der Waals surface area (Å²) in [6.07, 6.45) is 2.08. The zero-order valence-electron chi connectivity index (χ0n) is 9.51. The minimum Gasteiger partial charge on any atom is -0.369 e. The van der Waals surface area contributed by atoms with Crippen molar-refractivity contribution in [1.29, 1.82) is 0 Å². The lowest BCUT2D eigenvalue weighted by Gasteiger charge is -2.09. The fourth-order valence-corrected chi connectivity index (χ4v) is 1.69. The van der Waals surface area contributed by atoms with Crippen molar-refractivity contribution in [2.45, 2.75) is 6.42 Å². The number of hydrogen-bond acceptors (Lipinski definition) is 3. The Balaban J connectivity index is 2.50. The van der Waals surface area contributed by atoms with Crippen molar-refractivity contribution in [3.8, 4) is 0 Å². The predicted octanol–water partition coefficient (Wildman–Crippen LogP) is 2.41. The van der Waals surface area contributed by atoms with E-state index in [1.165, 1.54) is 12.3 Å². The summed E-state index contributed by atoms with van der Waals surface area (Å²) in [5.74, 6) is -3.73. The highest BCUT2D eigenvalue weighted by molar-refractivity contribution is 5.92. The molecule has 3 nitrogen and oxygen atoms in total. The Labute approximate surface area is 102 Å². The van der Waals surface area contributed by atoms with Gasteiger partial charge in [0.25, 0.3) is 0 Å². The quantitative estimate of drug-likeness (QED) is 0.651. The molecule has 0 radical (unpaired) electrons. The average Bonchev–Trinajstić information content (AvgIpc) is 2.36. The summed E-state index contributed by atoms with van der Waals surface area (Å²) < 4.78 is 40.0. The molecule has 2 aromatic rings. The van der Waals surface area contributed by atoms with Gasteiger partial charge in [-0.25, -0.2) is 18.2 Å². The van der Waals surface area contributed by atoms with Crippen LogP contribution in [0.1, 0.15) is 6.42 Å². The molecule has 0 bridgehead atoms. The third-order valence-corrected chi connectivity index (χ3v) is 2.56. The number of aromatic nitrogens is 1. The van der Waals surface area contributed by atoms with Crippen LogP contribution >= 0.6 is 0 Å². The van der Waals surface area contributed by atoms with Crippen molar-refractivity contribution in [3.63, 3.8) is 0 Å². The Morgan fingerprint density at radius 3 is 2.72 bits per heavy atom. The van der Waals surface area contributed by atoms with Crippen LogP contribution in [0.15, 0.2) is 18.3 Å². The maximum atomic E-state index is 13.7.